The van der Waals surface area contributed by atoms with Crippen molar-refractivity contribution in [1.29, 1.82) is 0 Å². The summed E-state index contributed by atoms with van der Waals surface area (Å²) in [6.07, 6.45) is 5.28. The number of aliphatic carboxylic acids is 1. The Morgan fingerprint density at radius 2 is 2.05 bits per heavy atom. The Labute approximate surface area is 123 Å². The molecule has 1 unspecified atom stereocenters. The lowest BCUT2D eigenvalue weighted by Gasteiger charge is -2.32. The van der Waals surface area contributed by atoms with Gasteiger partial charge in [-0.15, -0.1) is 0 Å². The Morgan fingerprint density at radius 3 is 2.50 bits per heavy atom. The summed E-state index contributed by atoms with van der Waals surface area (Å²) < 4.78 is 0. The van der Waals surface area contributed by atoms with Gasteiger partial charge in [0.1, 0.15) is 5.54 Å². The van der Waals surface area contributed by atoms with Gasteiger partial charge in [-0.3, -0.25) is 15.0 Å². The molecule has 20 heavy (non-hydrogen) atoms. The molecule has 0 aliphatic carbocycles. The first-order valence-electron chi connectivity index (χ1n) is 7.93. The largest absolute Gasteiger partial charge is 0.480 e. The summed E-state index contributed by atoms with van der Waals surface area (Å²) in [5.41, 5.74) is -0.471. The van der Waals surface area contributed by atoms with Crippen molar-refractivity contribution in [3.63, 3.8) is 0 Å². The first kappa shape index (κ1) is 17.4. The predicted octanol–water partition coefficient (Wildman–Crippen LogP) is 2.87. The van der Waals surface area contributed by atoms with E-state index >= 15 is 0 Å². The van der Waals surface area contributed by atoms with Crippen molar-refractivity contribution in [1.82, 2.24) is 10.2 Å². The van der Waals surface area contributed by atoms with Crippen LogP contribution in [0.5, 0.6) is 0 Å². The smallest absolute Gasteiger partial charge is 0.323 e. The van der Waals surface area contributed by atoms with Crippen molar-refractivity contribution in [3.05, 3.63) is 0 Å². The topological polar surface area (TPSA) is 52.6 Å². The summed E-state index contributed by atoms with van der Waals surface area (Å²) >= 11 is 0. The maximum absolute atomic E-state index is 11.4. The lowest BCUT2D eigenvalue weighted by molar-refractivity contribution is -0.144. The third kappa shape index (κ3) is 4.74. The van der Waals surface area contributed by atoms with E-state index in [0.29, 0.717) is 12.0 Å². The molecule has 1 heterocycles. The van der Waals surface area contributed by atoms with Crippen LogP contribution >= 0.6 is 0 Å². The Morgan fingerprint density at radius 1 is 1.40 bits per heavy atom. The van der Waals surface area contributed by atoms with Crippen LogP contribution in [0.1, 0.15) is 66.7 Å². The summed E-state index contributed by atoms with van der Waals surface area (Å²) in [7, 11) is 0. The molecule has 0 spiro atoms. The van der Waals surface area contributed by atoms with Crippen LogP contribution in [0.25, 0.3) is 0 Å². The van der Waals surface area contributed by atoms with Gasteiger partial charge >= 0.3 is 5.97 Å². The van der Waals surface area contributed by atoms with Gasteiger partial charge < -0.3 is 5.11 Å². The monoisotopic (exact) mass is 284 g/mol. The second kappa shape index (κ2) is 6.90. The molecule has 1 rings (SSSR count). The first-order chi connectivity index (χ1) is 9.17. The van der Waals surface area contributed by atoms with Crippen molar-refractivity contribution in [3.8, 4) is 0 Å². The van der Waals surface area contributed by atoms with Crippen LogP contribution < -0.4 is 5.32 Å². The van der Waals surface area contributed by atoms with E-state index in [9.17, 15) is 9.90 Å². The van der Waals surface area contributed by atoms with Gasteiger partial charge in [0.2, 0.25) is 0 Å². The van der Waals surface area contributed by atoms with Crippen molar-refractivity contribution < 1.29 is 9.90 Å². The molecule has 118 valence electrons. The van der Waals surface area contributed by atoms with Crippen LogP contribution in [0.15, 0.2) is 0 Å². The quantitative estimate of drug-likeness (QED) is 0.673. The van der Waals surface area contributed by atoms with Crippen molar-refractivity contribution in [2.45, 2.75) is 83.8 Å². The number of nitrogens with zero attached hydrogens (tertiary/aromatic N) is 1. The zero-order chi connectivity index (χ0) is 15.4. The van der Waals surface area contributed by atoms with Gasteiger partial charge in [-0.25, -0.2) is 0 Å². The molecule has 0 bridgehead atoms. The van der Waals surface area contributed by atoms with Crippen LogP contribution in [-0.4, -0.2) is 46.2 Å². The van der Waals surface area contributed by atoms with E-state index in [-0.39, 0.29) is 6.04 Å². The van der Waals surface area contributed by atoms with Gasteiger partial charge in [0.05, 0.1) is 0 Å². The van der Waals surface area contributed by atoms with Gasteiger partial charge in [0.25, 0.3) is 0 Å². The minimum atomic E-state index is -0.797. The molecule has 1 fully saturated rings. The number of hydrogen-bond acceptors (Lipinski definition) is 3. The van der Waals surface area contributed by atoms with E-state index in [1.165, 1.54) is 19.4 Å². The van der Waals surface area contributed by atoms with Crippen LogP contribution in [0, 0.1) is 0 Å². The molecule has 0 aromatic heterocycles. The summed E-state index contributed by atoms with van der Waals surface area (Å²) in [6, 6.07) is 0.189. The minimum absolute atomic E-state index is 0.189. The van der Waals surface area contributed by atoms with E-state index in [2.05, 4.69) is 24.1 Å². The van der Waals surface area contributed by atoms with Crippen LogP contribution in [0.4, 0.5) is 0 Å². The zero-order valence-corrected chi connectivity index (χ0v) is 13.8. The molecule has 0 aromatic carbocycles. The normalized spacial score (nSPS) is 22.1. The molecule has 4 heteroatoms. The van der Waals surface area contributed by atoms with Gasteiger partial charge in [-0.1, -0.05) is 0 Å². The molecule has 0 amide bonds. The fourth-order valence-corrected chi connectivity index (χ4v) is 3.24. The van der Waals surface area contributed by atoms with Crippen molar-refractivity contribution >= 4 is 5.97 Å². The summed E-state index contributed by atoms with van der Waals surface area (Å²) in [6.45, 7) is 12.7. The van der Waals surface area contributed by atoms with E-state index in [1.54, 1.807) is 6.92 Å². The number of carboxylic acids is 1. The van der Waals surface area contributed by atoms with Crippen molar-refractivity contribution in [2.24, 2.45) is 0 Å². The van der Waals surface area contributed by atoms with E-state index in [1.807, 2.05) is 13.8 Å². The number of nitrogens with one attached hydrogen (secondary N) is 1. The first-order valence-corrected chi connectivity index (χ1v) is 7.93. The van der Waals surface area contributed by atoms with E-state index < -0.39 is 11.5 Å². The maximum atomic E-state index is 11.4. The minimum Gasteiger partial charge on any atom is -0.480 e. The summed E-state index contributed by atoms with van der Waals surface area (Å²) in [5.74, 6) is -0.743. The molecule has 0 aromatic rings. The number of rotatable bonds is 8. The number of likely N-dealkylation sites (tertiary alicyclic amines) is 1. The highest BCUT2D eigenvalue weighted by Gasteiger charge is 2.34. The molecule has 1 aliphatic heterocycles. The highest BCUT2D eigenvalue weighted by Crippen LogP contribution is 2.28. The second-order valence-corrected chi connectivity index (χ2v) is 7.30. The molecule has 1 atom stereocenters. The molecule has 0 saturated carbocycles. The highest BCUT2D eigenvalue weighted by molar-refractivity contribution is 5.78. The van der Waals surface area contributed by atoms with Crippen LogP contribution in [0.2, 0.25) is 0 Å². The Bertz CT molecular complexity index is 328. The van der Waals surface area contributed by atoms with Gasteiger partial charge in [-0.05, 0) is 79.8 Å². The van der Waals surface area contributed by atoms with Crippen LogP contribution in [-0.2, 0) is 4.79 Å². The fourth-order valence-electron chi connectivity index (χ4n) is 3.24. The van der Waals surface area contributed by atoms with E-state index in [0.717, 1.165) is 19.4 Å². The number of carbonyl (C=O) groups is 1. The summed E-state index contributed by atoms with van der Waals surface area (Å²) in [4.78, 5) is 14.0. The highest BCUT2D eigenvalue weighted by atomic mass is 16.4. The summed E-state index contributed by atoms with van der Waals surface area (Å²) in [5, 5.41) is 12.6. The van der Waals surface area contributed by atoms with Gasteiger partial charge in [0.15, 0.2) is 0 Å². The fraction of sp³-hybridized carbons (Fsp3) is 0.938. The average molecular weight is 284 g/mol. The van der Waals surface area contributed by atoms with Gasteiger partial charge in [-0.2, -0.15) is 0 Å². The molecule has 1 aliphatic rings. The second-order valence-electron chi connectivity index (χ2n) is 7.30. The lowest BCUT2D eigenvalue weighted by atomic mass is 9.93. The molecule has 0 radical (unpaired) electrons. The number of carboxylic acid groups (broad SMARTS) is 1. The number of unbranched alkanes of at least 4 members (excludes halogenated alkanes) is 1. The van der Waals surface area contributed by atoms with Crippen molar-refractivity contribution in [2.75, 3.05) is 13.1 Å². The van der Waals surface area contributed by atoms with Crippen LogP contribution in [0.3, 0.4) is 0 Å². The molecule has 4 nitrogen and oxygen atoms in total. The van der Waals surface area contributed by atoms with Gasteiger partial charge in [0, 0.05) is 11.6 Å². The molecular formula is C16H32N2O2. The van der Waals surface area contributed by atoms with E-state index in [4.69, 9.17) is 0 Å². The molecule has 2 N–H and O–H groups in total. The Balaban J connectivity index is 2.36. The molecular weight excluding hydrogens is 252 g/mol. The third-order valence-electron chi connectivity index (χ3n) is 4.51. The Kier molecular flexibility index (Phi) is 6.02. The maximum Gasteiger partial charge on any atom is 0.323 e. The Hall–Kier alpha value is -0.610. The number of hydrogen-bond donors (Lipinski definition) is 2. The third-order valence-corrected chi connectivity index (χ3v) is 4.51. The average Bonchev–Trinajstić information content (AvgIpc) is 2.63. The molecule has 1 saturated heterocycles. The predicted molar refractivity (Wildman–Crippen MR) is 83.0 cm³/mol. The standard InChI is InChI=1S/C16H32N2O2/c1-13(2)17-16(5,14(19)20)10-6-7-11-18-12-8-9-15(18,3)4/h13,17H,6-12H2,1-5H3,(H,19,20). The lowest BCUT2D eigenvalue weighted by Crippen LogP contribution is -2.52. The SMILES string of the molecule is CC(C)NC(C)(CCCCN1CCCC1(C)C)C(=O)O. The zero-order valence-electron chi connectivity index (χ0n) is 13.8.